The van der Waals surface area contributed by atoms with Gasteiger partial charge in [-0.05, 0) is 49.7 Å². The van der Waals surface area contributed by atoms with Gasteiger partial charge in [-0.15, -0.1) is 0 Å². The fourth-order valence-electron chi connectivity index (χ4n) is 3.76. The molecule has 0 aliphatic rings. The maximum absolute atomic E-state index is 13.4. The van der Waals surface area contributed by atoms with Crippen molar-refractivity contribution in [2.45, 2.75) is 13.8 Å². The number of hydrogen-bond donors (Lipinski definition) is 1. The van der Waals surface area contributed by atoms with Crippen molar-refractivity contribution in [3.05, 3.63) is 71.7 Å². The van der Waals surface area contributed by atoms with Crippen LogP contribution in [0.5, 0.6) is 5.75 Å². The number of fused-ring (bicyclic) bond motifs is 1. The summed E-state index contributed by atoms with van der Waals surface area (Å²) in [4.78, 5) is 35.1. The first kappa shape index (κ1) is 24.2. The minimum Gasteiger partial charge on any atom is -0.492 e. The first-order valence-corrected chi connectivity index (χ1v) is 11.1. The predicted molar refractivity (Wildman–Crippen MR) is 134 cm³/mol. The van der Waals surface area contributed by atoms with E-state index in [0.29, 0.717) is 40.6 Å². The Hall–Kier alpha value is -4.91. The molecule has 1 N–H and O–H groups in total. The van der Waals surface area contributed by atoms with Gasteiger partial charge in [0.25, 0.3) is 5.91 Å². The molecule has 0 aliphatic carbocycles. The summed E-state index contributed by atoms with van der Waals surface area (Å²) in [6.45, 7) is 4.13. The maximum atomic E-state index is 13.4. The van der Waals surface area contributed by atoms with E-state index in [1.807, 2.05) is 18.2 Å². The zero-order valence-corrected chi connectivity index (χ0v) is 20.3. The largest absolute Gasteiger partial charge is 0.492 e. The van der Waals surface area contributed by atoms with E-state index in [1.54, 1.807) is 62.0 Å². The summed E-state index contributed by atoms with van der Waals surface area (Å²) >= 11 is 0. The molecule has 2 amide bonds. The van der Waals surface area contributed by atoms with Crippen LogP contribution in [0.25, 0.3) is 16.9 Å². The Morgan fingerprint density at radius 2 is 1.97 bits per heavy atom. The van der Waals surface area contributed by atoms with Crippen molar-refractivity contribution in [3.8, 4) is 23.1 Å². The van der Waals surface area contributed by atoms with Gasteiger partial charge in [-0.3, -0.25) is 14.5 Å². The Bertz CT molecular complexity index is 1490. The van der Waals surface area contributed by atoms with Gasteiger partial charge in [-0.25, -0.2) is 14.8 Å². The Labute approximate surface area is 207 Å². The van der Waals surface area contributed by atoms with Crippen molar-refractivity contribution in [3.63, 3.8) is 0 Å². The lowest BCUT2D eigenvalue weighted by atomic mass is 10.1. The third-order valence-corrected chi connectivity index (χ3v) is 5.59. The van der Waals surface area contributed by atoms with E-state index in [9.17, 15) is 14.9 Å². The van der Waals surface area contributed by atoms with Crippen LogP contribution in [0.4, 0.5) is 16.3 Å². The topological polar surface area (TPSA) is 122 Å². The van der Waals surface area contributed by atoms with E-state index in [4.69, 9.17) is 4.74 Å². The average molecular weight is 485 g/mol. The van der Waals surface area contributed by atoms with Gasteiger partial charge in [-0.2, -0.15) is 5.26 Å². The van der Waals surface area contributed by atoms with Crippen molar-refractivity contribution in [2.75, 3.05) is 31.0 Å². The monoisotopic (exact) mass is 484 g/mol. The number of amides is 2. The lowest BCUT2D eigenvalue weighted by Gasteiger charge is -2.19. The number of carbonyl (C=O) groups excluding carboxylic acids is 2. The van der Waals surface area contributed by atoms with Gasteiger partial charge in [0.1, 0.15) is 23.3 Å². The highest BCUT2D eigenvalue weighted by molar-refractivity contribution is 6.06. The van der Waals surface area contributed by atoms with Gasteiger partial charge >= 0.3 is 6.09 Å². The molecule has 4 rings (SSSR count). The van der Waals surface area contributed by atoms with E-state index >= 15 is 0 Å². The number of imidazole rings is 1. The van der Waals surface area contributed by atoms with Crippen LogP contribution in [0.3, 0.4) is 0 Å². The molecular weight excluding hydrogens is 460 g/mol. The van der Waals surface area contributed by atoms with Gasteiger partial charge in [0.15, 0.2) is 0 Å². The lowest BCUT2D eigenvalue weighted by Crippen LogP contribution is -2.26. The van der Waals surface area contributed by atoms with Crippen molar-refractivity contribution < 1.29 is 19.1 Å². The van der Waals surface area contributed by atoms with Crippen LogP contribution in [0, 0.1) is 18.3 Å². The molecule has 0 spiro atoms. The van der Waals surface area contributed by atoms with Crippen LogP contribution in [0.15, 0.2) is 55.0 Å². The minimum absolute atomic E-state index is 0.234. The van der Waals surface area contributed by atoms with Crippen LogP contribution in [0.1, 0.15) is 28.4 Å². The second-order valence-corrected chi connectivity index (χ2v) is 7.89. The molecule has 3 aromatic heterocycles. The second kappa shape index (κ2) is 10.1. The molecule has 0 fully saturated rings. The van der Waals surface area contributed by atoms with Gasteiger partial charge in [0.05, 0.1) is 36.7 Å². The fourth-order valence-corrected chi connectivity index (χ4v) is 3.76. The first-order chi connectivity index (χ1) is 17.4. The third-order valence-electron chi connectivity index (χ3n) is 5.59. The average Bonchev–Trinajstić information content (AvgIpc) is 3.33. The number of aryl methyl sites for hydroxylation is 1. The van der Waals surface area contributed by atoms with Crippen LogP contribution >= 0.6 is 0 Å². The second-order valence-electron chi connectivity index (χ2n) is 7.89. The zero-order valence-electron chi connectivity index (χ0n) is 20.3. The summed E-state index contributed by atoms with van der Waals surface area (Å²) in [7, 11) is 2.95. The summed E-state index contributed by atoms with van der Waals surface area (Å²) < 4.78 is 12.0. The van der Waals surface area contributed by atoms with Crippen molar-refractivity contribution in [2.24, 2.45) is 0 Å². The number of nitrogens with zero attached hydrogens (tertiary/aromatic N) is 5. The Kier molecular flexibility index (Phi) is 6.83. The number of nitrogens with one attached hydrogen (secondary N) is 1. The highest BCUT2D eigenvalue weighted by Crippen LogP contribution is 2.28. The summed E-state index contributed by atoms with van der Waals surface area (Å²) in [6, 6.07) is 12.4. The number of ether oxygens (including phenoxy) is 2. The summed E-state index contributed by atoms with van der Waals surface area (Å²) in [5.41, 5.74) is 4.49. The smallest absolute Gasteiger partial charge is 0.412 e. The number of nitriles is 1. The maximum Gasteiger partial charge on any atom is 0.412 e. The van der Waals surface area contributed by atoms with Gasteiger partial charge in [-0.1, -0.05) is 0 Å². The van der Waals surface area contributed by atoms with E-state index in [1.165, 1.54) is 12.0 Å². The Balaban J connectivity index is 1.68. The summed E-state index contributed by atoms with van der Waals surface area (Å²) in [5, 5.41) is 11.8. The molecule has 10 heteroatoms. The molecule has 0 saturated carbocycles. The molecule has 182 valence electrons. The predicted octanol–water partition coefficient (Wildman–Crippen LogP) is 4.43. The molecule has 0 unspecified atom stereocenters. The molecule has 36 heavy (non-hydrogen) atoms. The van der Waals surface area contributed by atoms with Gasteiger partial charge < -0.3 is 14.4 Å². The number of rotatable bonds is 6. The number of aromatic nitrogens is 3. The standard InChI is InChI=1S/C26H24N6O4/c1-5-36-22-11-20(8-6-17(22)12-27)31(3)25(33)19-10-16(2)24-29-14-21(32(24)15-19)18-7-9-23(28-13-18)30-26(34)35-4/h6-11,13-15H,5H2,1-4H3,(H,28,30,34). The van der Waals surface area contributed by atoms with E-state index in [-0.39, 0.29) is 5.91 Å². The molecule has 1 aromatic carbocycles. The van der Waals surface area contributed by atoms with Crippen molar-refractivity contribution in [1.82, 2.24) is 14.4 Å². The molecule has 0 aliphatic heterocycles. The SMILES string of the molecule is CCOc1cc(N(C)C(=O)c2cc(C)c3ncc(-c4ccc(NC(=O)OC)nc4)n3c2)ccc1C#N. The Morgan fingerprint density at radius 3 is 2.64 bits per heavy atom. The van der Waals surface area contributed by atoms with E-state index in [0.717, 1.165) is 16.8 Å². The van der Waals surface area contributed by atoms with Crippen LogP contribution in [-0.4, -0.2) is 47.1 Å². The minimum atomic E-state index is -0.608. The molecule has 10 nitrogen and oxygen atoms in total. The number of benzene rings is 1. The summed E-state index contributed by atoms with van der Waals surface area (Å²) in [5.74, 6) is 0.544. The molecule has 4 aromatic rings. The normalized spacial score (nSPS) is 10.5. The molecular formula is C26H24N6O4. The number of hydrogen-bond acceptors (Lipinski definition) is 7. The zero-order chi connectivity index (χ0) is 25.8. The molecule has 3 heterocycles. The lowest BCUT2D eigenvalue weighted by molar-refractivity contribution is 0.0992. The number of carbonyl (C=O) groups is 2. The first-order valence-electron chi connectivity index (χ1n) is 11.1. The molecule has 0 saturated heterocycles. The fraction of sp³-hybridized carbons (Fsp3) is 0.192. The highest BCUT2D eigenvalue weighted by atomic mass is 16.5. The van der Waals surface area contributed by atoms with E-state index in [2.05, 4.69) is 26.1 Å². The number of methoxy groups -OCH3 is 1. The molecule has 0 radical (unpaired) electrons. The number of anilines is 2. The Morgan fingerprint density at radius 1 is 1.17 bits per heavy atom. The van der Waals surface area contributed by atoms with Crippen molar-refractivity contribution in [1.29, 1.82) is 5.26 Å². The quantitative estimate of drug-likeness (QED) is 0.430. The van der Waals surface area contributed by atoms with Gasteiger partial charge in [0.2, 0.25) is 0 Å². The van der Waals surface area contributed by atoms with Crippen LogP contribution in [-0.2, 0) is 4.74 Å². The van der Waals surface area contributed by atoms with Crippen LogP contribution in [0.2, 0.25) is 0 Å². The molecule has 0 atom stereocenters. The van der Waals surface area contributed by atoms with Gasteiger partial charge in [0, 0.05) is 36.8 Å². The highest BCUT2D eigenvalue weighted by Gasteiger charge is 2.19. The van der Waals surface area contributed by atoms with Crippen LogP contribution < -0.4 is 15.0 Å². The summed E-state index contributed by atoms with van der Waals surface area (Å²) in [6.07, 6.45) is 4.44. The number of pyridine rings is 2. The molecule has 0 bridgehead atoms. The third kappa shape index (κ3) is 4.67. The van der Waals surface area contributed by atoms with E-state index < -0.39 is 6.09 Å². The van der Waals surface area contributed by atoms with Crippen molar-refractivity contribution >= 4 is 29.2 Å².